The molecule has 0 rings (SSSR count). The number of ether oxygens (including phenoxy) is 4. The van der Waals surface area contributed by atoms with Crippen molar-refractivity contribution >= 4 is 18.5 Å². The largest absolute Gasteiger partial charge is 0.379 e. The predicted octanol–water partition coefficient (Wildman–Crippen LogP) is -0.670. The van der Waals surface area contributed by atoms with Gasteiger partial charge in [0.15, 0.2) is 0 Å². The summed E-state index contributed by atoms with van der Waals surface area (Å²) >= 11 is 0. The Labute approximate surface area is 192 Å². The molecule has 0 heterocycles. The topological polar surface area (TPSA) is 141 Å². The molecular formula is C21H42N6O5. The Kier molecular flexibility index (Phi) is 23.9. The van der Waals surface area contributed by atoms with Crippen LogP contribution in [0.4, 0.5) is 0 Å². The van der Waals surface area contributed by atoms with E-state index in [1.165, 1.54) is 0 Å². The number of aliphatic imine (C=N–C) groups is 2. The maximum absolute atomic E-state index is 12.0. The van der Waals surface area contributed by atoms with Gasteiger partial charge in [-0.2, -0.15) is 0 Å². The average molecular weight is 459 g/mol. The number of nitrogens with zero attached hydrogens (tertiary/aromatic N) is 2. The van der Waals surface area contributed by atoms with Crippen LogP contribution in [-0.4, -0.2) is 111 Å². The molecule has 0 saturated heterocycles. The van der Waals surface area contributed by atoms with E-state index in [2.05, 4.69) is 25.9 Å². The van der Waals surface area contributed by atoms with E-state index >= 15 is 0 Å². The fourth-order valence-corrected chi connectivity index (χ4v) is 2.08. The van der Waals surface area contributed by atoms with E-state index in [1.54, 1.807) is 18.8 Å². The molecule has 0 spiro atoms. The van der Waals surface area contributed by atoms with E-state index in [9.17, 15) is 4.79 Å². The molecule has 0 aromatic heterocycles. The summed E-state index contributed by atoms with van der Waals surface area (Å²) in [6, 6.07) is 0. The average Bonchev–Trinajstić information content (AvgIpc) is 2.80. The number of amides is 1. The molecule has 0 radical (unpaired) electrons. The third kappa shape index (κ3) is 22.8. The summed E-state index contributed by atoms with van der Waals surface area (Å²) in [6.45, 7) is 8.84. The van der Waals surface area contributed by atoms with Crippen molar-refractivity contribution in [3.63, 3.8) is 0 Å². The molecule has 11 heteroatoms. The van der Waals surface area contributed by atoms with Crippen molar-refractivity contribution in [2.75, 3.05) is 92.6 Å². The van der Waals surface area contributed by atoms with E-state index in [-0.39, 0.29) is 12.3 Å². The zero-order valence-corrected chi connectivity index (χ0v) is 19.6. The van der Waals surface area contributed by atoms with Gasteiger partial charge in [-0.1, -0.05) is 0 Å². The number of carbonyl (C=O) groups is 1. The Hall–Kier alpha value is -1.89. The summed E-state index contributed by atoms with van der Waals surface area (Å²) in [7, 11) is 1.88. The van der Waals surface area contributed by atoms with E-state index in [0.29, 0.717) is 79.0 Å². The molecule has 0 saturated carbocycles. The second kappa shape index (κ2) is 25.4. The minimum absolute atomic E-state index is 0.0883. The molecule has 5 N–H and O–H groups in total. The number of rotatable bonds is 23. The summed E-state index contributed by atoms with van der Waals surface area (Å²) in [5.74, 6) is -0.0883. The van der Waals surface area contributed by atoms with Crippen molar-refractivity contribution in [2.45, 2.75) is 13.3 Å². The lowest BCUT2D eigenvalue weighted by atomic mass is 10.3. The zero-order valence-electron chi connectivity index (χ0n) is 19.6. The quantitative estimate of drug-likeness (QED) is 0.0898. The predicted molar refractivity (Wildman–Crippen MR) is 127 cm³/mol. The SMILES string of the molecule is CCN=C/C(=C\NC=NCCNC)CNC(=O)CCOCCOCCOCCOCCN. The Bertz CT molecular complexity index is 517. The second-order valence-corrected chi connectivity index (χ2v) is 6.42. The minimum atomic E-state index is -0.0883. The first kappa shape index (κ1) is 30.1. The van der Waals surface area contributed by atoms with E-state index in [4.69, 9.17) is 24.7 Å². The molecule has 0 fully saturated rings. The maximum atomic E-state index is 12.0. The van der Waals surface area contributed by atoms with Crippen LogP contribution < -0.4 is 21.7 Å². The Balaban J connectivity index is 3.75. The molecule has 0 aliphatic carbocycles. The highest BCUT2D eigenvalue weighted by molar-refractivity contribution is 5.82. The number of hydrogen-bond donors (Lipinski definition) is 4. The van der Waals surface area contributed by atoms with Crippen LogP contribution >= 0.6 is 0 Å². The Morgan fingerprint density at radius 3 is 2.16 bits per heavy atom. The van der Waals surface area contributed by atoms with E-state index < -0.39 is 0 Å². The van der Waals surface area contributed by atoms with Crippen LogP contribution in [0.5, 0.6) is 0 Å². The molecule has 186 valence electrons. The second-order valence-electron chi connectivity index (χ2n) is 6.42. The Morgan fingerprint density at radius 1 is 0.938 bits per heavy atom. The third-order valence-corrected chi connectivity index (χ3v) is 3.71. The summed E-state index contributed by atoms with van der Waals surface area (Å²) in [5, 5.41) is 8.87. The highest BCUT2D eigenvalue weighted by Gasteiger charge is 2.02. The minimum Gasteiger partial charge on any atom is -0.379 e. The molecule has 1 amide bonds. The van der Waals surface area contributed by atoms with Crippen LogP contribution in [-0.2, 0) is 23.7 Å². The van der Waals surface area contributed by atoms with Crippen molar-refractivity contribution in [1.29, 1.82) is 0 Å². The Morgan fingerprint density at radius 2 is 1.56 bits per heavy atom. The molecular weight excluding hydrogens is 416 g/mol. The van der Waals surface area contributed by atoms with E-state index in [0.717, 1.165) is 12.1 Å². The number of nitrogens with one attached hydrogen (secondary N) is 3. The number of nitrogens with two attached hydrogens (primary N) is 1. The molecule has 0 aliphatic rings. The van der Waals surface area contributed by atoms with Gasteiger partial charge in [0.1, 0.15) is 0 Å². The first-order valence-corrected chi connectivity index (χ1v) is 11.1. The highest BCUT2D eigenvalue weighted by Crippen LogP contribution is 1.90. The van der Waals surface area contributed by atoms with Crippen molar-refractivity contribution in [3.05, 3.63) is 11.8 Å². The number of hydrogen-bond acceptors (Lipinski definition) is 9. The fraction of sp³-hybridized carbons (Fsp3) is 0.762. The lowest BCUT2D eigenvalue weighted by Gasteiger charge is -2.08. The van der Waals surface area contributed by atoms with Gasteiger partial charge in [0.2, 0.25) is 5.91 Å². The maximum Gasteiger partial charge on any atom is 0.222 e. The number of carbonyl (C=O) groups excluding carboxylic acids is 1. The fourth-order valence-electron chi connectivity index (χ4n) is 2.08. The highest BCUT2D eigenvalue weighted by atomic mass is 16.6. The van der Waals surface area contributed by atoms with Gasteiger partial charge in [-0.05, 0) is 14.0 Å². The van der Waals surface area contributed by atoms with Crippen molar-refractivity contribution in [2.24, 2.45) is 15.7 Å². The molecule has 0 aromatic carbocycles. The van der Waals surface area contributed by atoms with Crippen LogP contribution in [0.2, 0.25) is 0 Å². The molecule has 0 unspecified atom stereocenters. The lowest BCUT2D eigenvalue weighted by Crippen LogP contribution is -2.27. The van der Waals surface area contributed by atoms with Gasteiger partial charge in [-0.15, -0.1) is 0 Å². The van der Waals surface area contributed by atoms with Crippen LogP contribution in [0.3, 0.4) is 0 Å². The lowest BCUT2D eigenvalue weighted by molar-refractivity contribution is -0.122. The molecule has 0 aromatic rings. The summed E-state index contributed by atoms with van der Waals surface area (Å²) < 4.78 is 21.4. The van der Waals surface area contributed by atoms with Gasteiger partial charge in [0, 0.05) is 50.6 Å². The van der Waals surface area contributed by atoms with Crippen LogP contribution in [0.25, 0.3) is 0 Å². The van der Waals surface area contributed by atoms with Crippen molar-refractivity contribution < 1.29 is 23.7 Å². The summed E-state index contributed by atoms with van der Waals surface area (Å²) in [4.78, 5) is 20.4. The van der Waals surface area contributed by atoms with Gasteiger partial charge in [0.05, 0.1) is 65.7 Å². The normalized spacial score (nSPS) is 12.2. The summed E-state index contributed by atoms with van der Waals surface area (Å²) in [6.07, 6.45) is 5.41. The van der Waals surface area contributed by atoms with E-state index in [1.807, 2.05) is 14.0 Å². The van der Waals surface area contributed by atoms with Crippen LogP contribution in [0, 0.1) is 0 Å². The van der Waals surface area contributed by atoms with Crippen molar-refractivity contribution in [3.8, 4) is 0 Å². The van der Waals surface area contributed by atoms with Gasteiger partial charge in [-0.3, -0.25) is 14.8 Å². The monoisotopic (exact) mass is 458 g/mol. The molecule has 11 nitrogen and oxygen atoms in total. The van der Waals surface area contributed by atoms with Gasteiger partial charge in [-0.25, -0.2) is 0 Å². The first-order valence-electron chi connectivity index (χ1n) is 11.1. The molecule has 0 atom stereocenters. The number of likely N-dealkylation sites (N-methyl/N-ethyl adjacent to an activating group) is 1. The standard InChI is InChI=1S/C21H42N6O5/c1-3-24-16-20(17-26-19-25-7-6-23-2)18-27-21(28)4-8-29-10-12-31-14-15-32-13-11-30-9-5-22/h16-17,19,23H,3-15,18,22H2,1-2H3,(H,25,26)(H,27,28)/b20-17+,24-16?. The smallest absolute Gasteiger partial charge is 0.222 e. The van der Waals surface area contributed by atoms with Crippen LogP contribution in [0.1, 0.15) is 13.3 Å². The first-order chi connectivity index (χ1) is 15.7. The molecule has 0 bridgehead atoms. The van der Waals surface area contributed by atoms with Gasteiger partial charge >= 0.3 is 0 Å². The van der Waals surface area contributed by atoms with Crippen LogP contribution in [0.15, 0.2) is 21.8 Å². The molecule has 32 heavy (non-hydrogen) atoms. The summed E-state index contributed by atoms with van der Waals surface area (Å²) in [5.41, 5.74) is 6.17. The third-order valence-electron chi connectivity index (χ3n) is 3.71. The zero-order chi connectivity index (χ0) is 23.5. The van der Waals surface area contributed by atoms with Gasteiger partial charge < -0.3 is 40.6 Å². The van der Waals surface area contributed by atoms with Gasteiger partial charge in [0.25, 0.3) is 0 Å². The molecule has 0 aliphatic heterocycles. The van der Waals surface area contributed by atoms with Crippen molar-refractivity contribution in [1.82, 2.24) is 16.0 Å².